The molecule has 1 N–H and O–H groups in total. The molecule has 4 aliphatic heterocycles. The number of aromatic nitrogens is 3. The Morgan fingerprint density at radius 3 is 2.67 bits per heavy atom. The van der Waals surface area contributed by atoms with Gasteiger partial charge in [-0.05, 0) is 70.0 Å². The van der Waals surface area contributed by atoms with Gasteiger partial charge in [-0.25, -0.2) is 13.8 Å². The lowest BCUT2D eigenvalue weighted by Crippen LogP contribution is -2.60. The quantitative estimate of drug-likeness (QED) is 0.332. The molecule has 0 bridgehead atoms. The molecule has 0 saturated carbocycles. The smallest absolute Gasteiger partial charge is 0.319 e. The van der Waals surface area contributed by atoms with E-state index in [1.807, 2.05) is 12.1 Å². The Morgan fingerprint density at radius 1 is 1.02 bits per heavy atom. The van der Waals surface area contributed by atoms with Crippen LogP contribution in [0.4, 0.5) is 14.6 Å². The van der Waals surface area contributed by atoms with E-state index in [1.165, 1.54) is 6.07 Å². The van der Waals surface area contributed by atoms with Crippen molar-refractivity contribution in [3.63, 3.8) is 0 Å². The molecule has 9 heteroatoms. The Bertz CT molecular complexity index is 1830. The summed E-state index contributed by atoms with van der Waals surface area (Å²) < 4.78 is 38.2. The average molecular weight is 581 g/mol. The largest absolute Gasteiger partial charge is 0.461 e. The highest BCUT2D eigenvalue weighted by molar-refractivity contribution is 6.02. The van der Waals surface area contributed by atoms with E-state index >= 15 is 4.39 Å². The molecule has 0 amide bonds. The van der Waals surface area contributed by atoms with Gasteiger partial charge in [0.1, 0.15) is 29.5 Å². The topological polar surface area (TPSA) is 66.4 Å². The molecule has 0 spiro atoms. The van der Waals surface area contributed by atoms with Crippen molar-refractivity contribution in [2.75, 3.05) is 44.2 Å². The zero-order valence-corrected chi connectivity index (χ0v) is 24.3. The third kappa shape index (κ3) is 4.03. The highest BCUT2D eigenvalue weighted by atomic mass is 19.1. The highest BCUT2D eigenvalue weighted by Crippen LogP contribution is 2.44. The molecule has 8 rings (SSSR count). The second kappa shape index (κ2) is 9.83. The molecule has 4 aromatic rings. The Labute approximate surface area is 249 Å². The van der Waals surface area contributed by atoms with Crippen LogP contribution in [0.3, 0.4) is 0 Å². The molecule has 0 aliphatic carbocycles. The predicted octanol–water partition coefficient (Wildman–Crippen LogP) is 5.23. The molecular formula is C34H34F2N6O. The second-order valence-electron chi connectivity index (χ2n) is 12.8. The number of hydrogen-bond donors (Lipinski definition) is 1. The number of aryl methyl sites for hydroxylation is 1. The first-order valence-electron chi connectivity index (χ1n) is 15.4. The van der Waals surface area contributed by atoms with Crippen molar-refractivity contribution < 1.29 is 13.5 Å². The van der Waals surface area contributed by atoms with Crippen LogP contribution in [-0.4, -0.2) is 70.3 Å². The summed E-state index contributed by atoms with van der Waals surface area (Å²) in [5.74, 6) is 2.06. The third-order valence-electron chi connectivity index (χ3n) is 10.3. The standard InChI is InChI=1S/C34H34F2N6O/c1-3-22-24(35)10-9-21-7-4-8-23(26(21)22)29-28(36)30-27-25(38-29)11-14-33(2)19-37-15-18-42(33)31(27)40-32(39-30)43-20-34-12-5-16-41(34)17-6-13-34/h1,4,7-10,37H,5-6,11-20H2,2H3. The molecule has 6 heterocycles. The van der Waals surface area contributed by atoms with Gasteiger partial charge in [0.25, 0.3) is 0 Å². The van der Waals surface area contributed by atoms with Crippen molar-refractivity contribution in [2.45, 2.75) is 56.5 Å². The number of anilines is 1. The van der Waals surface area contributed by atoms with Crippen molar-refractivity contribution in [1.29, 1.82) is 0 Å². The maximum absolute atomic E-state index is 16.9. The summed E-state index contributed by atoms with van der Waals surface area (Å²) in [4.78, 5) is 19.5. The summed E-state index contributed by atoms with van der Waals surface area (Å²) >= 11 is 0. The monoisotopic (exact) mass is 580 g/mol. The lowest BCUT2D eigenvalue weighted by molar-refractivity contribution is 0.107. The van der Waals surface area contributed by atoms with Crippen molar-refractivity contribution >= 4 is 27.5 Å². The number of hydrogen-bond acceptors (Lipinski definition) is 7. The van der Waals surface area contributed by atoms with Gasteiger partial charge in [0.15, 0.2) is 5.82 Å². The number of terminal acetylenes is 1. The van der Waals surface area contributed by atoms with Crippen LogP contribution in [-0.2, 0) is 6.42 Å². The van der Waals surface area contributed by atoms with Gasteiger partial charge < -0.3 is 15.0 Å². The first kappa shape index (κ1) is 26.7. The van der Waals surface area contributed by atoms with Crippen molar-refractivity contribution in [2.24, 2.45) is 0 Å². The van der Waals surface area contributed by atoms with E-state index in [4.69, 9.17) is 26.1 Å². The Morgan fingerprint density at radius 2 is 1.86 bits per heavy atom. The molecule has 4 aliphatic rings. The number of pyridine rings is 1. The van der Waals surface area contributed by atoms with Gasteiger partial charge in [-0.3, -0.25) is 4.90 Å². The Hall–Kier alpha value is -3.87. The minimum Gasteiger partial charge on any atom is -0.461 e. The Balaban J connectivity index is 1.34. The molecule has 43 heavy (non-hydrogen) atoms. The van der Waals surface area contributed by atoms with Gasteiger partial charge in [-0.15, -0.1) is 6.42 Å². The van der Waals surface area contributed by atoms with Crippen LogP contribution in [0, 0.1) is 24.0 Å². The zero-order chi connectivity index (χ0) is 29.3. The minimum absolute atomic E-state index is 0.00174. The lowest BCUT2D eigenvalue weighted by atomic mass is 9.92. The zero-order valence-electron chi connectivity index (χ0n) is 24.3. The van der Waals surface area contributed by atoms with Gasteiger partial charge in [-0.1, -0.05) is 30.2 Å². The number of ether oxygens (including phenoxy) is 1. The summed E-state index contributed by atoms with van der Waals surface area (Å²) in [5, 5.41) is 5.35. The van der Waals surface area contributed by atoms with Crippen LogP contribution in [0.25, 0.3) is 32.9 Å². The van der Waals surface area contributed by atoms with E-state index in [0.29, 0.717) is 35.2 Å². The van der Waals surface area contributed by atoms with Gasteiger partial charge in [-0.2, -0.15) is 9.97 Å². The molecule has 2 aromatic heterocycles. The number of piperazine rings is 1. The maximum Gasteiger partial charge on any atom is 0.319 e. The Kier molecular flexibility index (Phi) is 6.11. The first-order valence-corrected chi connectivity index (χ1v) is 15.4. The molecular weight excluding hydrogens is 546 g/mol. The number of benzene rings is 2. The summed E-state index contributed by atoms with van der Waals surface area (Å²) in [6.45, 7) is 7.19. The van der Waals surface area contributed by atoms with E-state index < -0.39 is 11.6 Å². The summed E-state index contributed by atoms with van der Waals surface area (Å²) in [5.41, 5.74) is 1.35. The maximum atomic E-state index is 16.9. The average Bonchev–Trinajstić information content (AvgIpc) is 3.57. The number of fused-ring (bicyclic) bond motifs is 4. The first-order chi connectivity index (χ1) is 20.9. The number of nitrogens with zero attached hydrogens (tertiary/aromatic N) is 5. The molecule has 1 atom stereocenters. The normalized spacial score (nSPS) is 22.8. The van der Waals surface area contributed by atoms with Crippen molar-refractivity contribution in [3.05, 3.63) is 53.2 Å². The van der Waals surface area contributed by atoms with Crippen molar-refractivity contribution in [1.82, 2.24) is 25.2 Å². The van der Waals surface area contributed by atoms with Gasteiger partial charge in [0.2, 0.25) is 0 Å². The summed E-state index contributed by atoms with van der Waals surface area (Å²) in [6, 6.07) is 8.62. The number of nitrogens with one attached hydrogen (secondary N) is 1. The van der Waals surface area contributed by atoms with E-state index in [0.717, 1.165) is 75.9 Å². The number of halogens is 2. The van der Waals surface area contributed by atoms with Crippen LogP contribution in [0.1, 0.15) is 50.3 Å². The van der Waals surface area contributed by atoms with Crippen LogP contribution < -0.4 is 15.0 Å². The van der Waals surface area contributed by atoms with E-state index in [-0.39, 0.29) is 33.9 Å². The molecule has 2 aromatic carbocycles. The van der Waals surface area contributed by atoms with Gasteiger partial charge >= 0.3 is 6.01 Å². The van der Waals surface area contributed by atoms with E-state index in [1.54, 1.807) is 12.1 Å². The van der Waals surface area contributed by atoms with Crippen LogP contribution in [0.5, 0.6) is 6.01 Å². The fraction of sp³-hybridized carbons (Fsp3) is 0.441. The van der Waals surface area contributed by atoms with Crippen LogP contribution in [0.15, 0.2) is 30.3 Å². The fourth-order valence-corrected chi connectivity index (χ4v) is 8.06. The highest BCUT2D eigenvalue weighted by Gasteiger charge is 2.45. The summed E-state index contributed by atoms with van der Waals surface area (Å²) in [7, 11) is 0. The molecule has 1 unspecified atom stereocenters. The second-order valence-corrected chi connectivity index (χ2v) is 12.8. The lowest BCUT2D eigenvalue weighted by Gasteiger charge is -2.45. The fourth-order valence-electron chi connectivity index (χ4n) is 8.06. The van der Waals surface area contributed by atoms with E-state index in [2.05, 4.69) is 28.0 Å². The van der Waals surface area contributed by atoms with Gasteiger partial charge in [0, 0.05) is 30.6 Å². The van der Waals surface area contributed by atoms with Gasteiger partial charge in [0.05, 0.1) is 27.7 Å². The van der Waals surface area contributed by atoms with Crippen LogP contribution >= 0.6 is 0 Å². The third-order valence-corrected chi connectivity index (χ3v) is 10.3. The molecule has 3 saturated heterocycles. The molecule has 0 radical (unpaired) electrons. The van der Waals surface area contributed by atoms with E-state index in [9.17, 15) is 4.39 Å². The minimum atomic E-state index is -0.577. The molecule has 3 fully saturated rings. The number of rotatable bonds is 4. The SMILES string of the molecule is C#Cc1c(F)ccc2cccc(-c3nc4c5c(nc(OCC67CCCN6CCC7)nc5c3F)N3CCNCC3(C)CC4)c12. The molecule has 7 nitrogen and oxygen atoms in total. The molecule has 220 valence electrons. The van der Waals surface area contributed by atoms with Crippen LogP contribution in [0.2, 0.25) is 0 Å². The summed E-state index contributed by atoms with van der Waals surface area (Å²) in [6.07, 6.45) is 11.7. The van der Waals surface area contributed by atoms with Crippen molar-refractivity contribution in [3.8, 4) is 29.6 Å². The predicted molar refractivity (Wildman–Crippen MR) is 163 cm³/mol.